The molecule has 1 amide bonds. The zero-order valence-electron chi connectivity index (χ0n) is 14.2. The second kappa shape index (κ2) is 9.97. The molecular weight excluding hydrogens is 326 g/mol. The highest BCUT2D eigenvalue weighted by molar-refractivity contribution is 5.85. The number of rotatable bonds is 4. The van der Waals surface area contributed by atoms with Crippen molar-refractivity contribution in [3.63, 3.8) is 0 Å². The van der Waals surface area contributed by atoms with E-state index in [0.717, 1.165) is 57.5 Å². The summed E-state index contributed by atoms with van der Waals surface area (Å²) in [7, 11) is 0. The third-order valence-corrected chi connectivity index (χ3v) is 4.84. The van der Waals surface area contributed by atoms with Gasteiger partial charge in [-0.2, -0.15) is 0 Å². The SMILES string of the molecule is Cl.O=C(C1CCCOC1)N(Cc1ccccn1)C1CCCNCC1. The summed E-state index contributed by atoms with van der Waals surface area (Å²) >= 11 is 0. The second-order valence-corrected chi connectivity index (χ2v) is 6.54. The summed E-state index contributed by atoms with van der Waals surface area (Å²) in [6, 6.07) is 6.22. The zero-order chi connectivity index (χ0) is 15.9. The summed E-state index contributed by atoms with van der Waals surface area (Å²) in [4.78, 5) is 19.6. The maximum absolute atomic E-state index is 13.1. The van der Waals surface area contributed by atoms with Gasteiger partial charge >= 0.3 is 0 Å². The third-order valence-electron chi connectivity index (χ3n) is 4.84. The summed E-state index contributed by atoms with van der Waals surface area (Å²) in [6.45, 7) is 4.01. The van der Waals surface area contributed by atoms with Crippen molar-refractivity contribution in [2.45, 2.75) is 44.7 Å². The van der Waals surface area contributed by atoms with Crippen LogP contribution >= 0.6 is 12.4 Å². The van der Waals surface area contributed by atoms with E-state index in [1.807, 2.05) is 18.2 Å². The van der Waals surface area contributed by atoms with Crippen LogP contribution in [0, 0.1) is 5.92 Å². The maximum Gasteiger partial charge on any atom is 0.228 e. The van der Waals surface area contributed by atoms with Gasteiger partial charge in [0.25, 0.3) is 0 Å². The number of ether oxygens (including phenoxy) is 1. The summed E-state index contributed by atoms with van der Waals surface area (Å²) in [5.74, 6) is 0.269. The molecule has 1 aromatic rings. The van der Waals surface area contributed by atoms with Gasteiger partial charge in [-0.1, -0.05) is 6.07 Å². The van der Waals surface area contributed by atoms with Gasteiger partial charge in [-0.3, -0.25) is 9.78 Å². The van der Waals surface area contributed by atoms with Gasteiger partial charge in [0, 0.05) is 18.8 Å². The average molecular weight is 354 g/mol. The first-order valence-corrected chi connectivity index (χ1v) is 8.83. The zero-order valence-corrected chi connectivity index (χ0v) is 15.0. The highest BCUT2D eigenvalue weighted by Gasteiger charge is 2.31. The van der Waals surface area contributed by atoms with Crippen molar-refractivity contribution in [2.24, 2.45) is 5.92 Å². The fraction of sp³-hybridized carbons (Fsp3) is 0.667. The Morgan fingerprint density at radius 1 is 1.25 bits per heavy atom. The monoisotopic (exact) mass is 353 g/mol. The Bertz CT molecular complexity index is 486. The minimum atomic E-state index is 0. The Morgan fingerprint density at radius 2 is 2.17 bits per heavy atom. The number of hydrogen-bond donors (Lipinski definition) is 1. The van der Waals surface area contributed by atoms with Crippen LogP contribution in [0.3, 0.4) is 0 Å². The molecular formula is C18H28ClN3O2. The molecule has 0 saturated carbocycles. The molecule has 0 aromatic carbocycles. The van der Waals surface area contributed by atoms with E-state index in [9.17, 15) is 4.79 Å². The first kappa shape index (κ1) is 19.2. The van der Waals surface area contributed by atoms with Gasteiger partial charge in [0.05, 0.1) is 24.8 Å². The van der Waals surface area contributed by atoms with Gasteiger partial charge < -0.3 is 15.0 Å². The topological polar surface area (TPSA) is 54.5 Å². The Hall–Kier alpha value is -1.17. The van der Waals surface area contributed by atoms with Gasteiger partial charge in [-0.15, -0.1) is 12.4 Å². The number of pyridine rings is 1. The quantitative estimate of drug-likeness (QED) is 0.903. The van der Waals surface area contributed by atoms with Crippen molar-refractivity contribution in [2.75, 3.05) is 26.3 Å². The van der Waals surface area contributed by atoms with Crippen LogP contribution in [0.25, 0.3) is 0 Å². The number of hydrogen-bond acceptors (Lipinski definition) is 4. The first-order chi connectivity index (χ1) is 11.3. The lowest BCUT2D eigenvalue weighted by Crippen LogP contribution is -2.45. The Kier molecular flexibility index (Phi) is 7.95. The molecule has 1 N–H and O–H groups in total. The normalized spacial score (nSPS) is 24.5. The van der Waals surface area contributed by atoms with Crippen molar-refractivity contribution in [1.29, 1.82) is 0 Å². The lowest BCUT2D eigenvalue weighted by Gasteiger charge is -2.35. The first-order valence-electron chi connectivity index (χ1n) is 8.83. The molecule has 0 spiro atoms. The van der Waals surface area contributed by atoms with Crippen molar-refractivity contribution in [3.05, 3.63) is 30.1 Å². The van der Waals surface area contributed by atoms with Crippen LogP contribution < -0.4 is 5.32 Å². The molecule has 2 atom stereocenters. The molecule has 24 heavy (non-hydrogen) atoms. The lowest BCUT2D eigenvalue weighted by molar-refractivity contribution is -0.143. The van der Waals surface area contributed by atoms with E-state index in [1.165, 1.54) is 0 Å². The number of aromatic nitrogens is 1. The highest BCUT2D eigenvalue weighted by Crippen LogP contribution is 2.23. The van der Waals surface area contributed by atoms with Gasteiger partial charge in [-0.05, 0) is 57.3 Å². The summed E-state index contributed by atoms with van der Waals surface area (Å²) < 4.78 is 5.54. The summed E-state index contributed by atoms with van der Waals surface area (Å²) in [5.41, 5.74) is 0.967. The molecule has 2 unspecified atom stereocenters. The number of carbonyl (C=O) groups is 1. The number of nitrogens with one attached hydrogen (secondary N) is 1. The second-order valence-electron chi connectivity index (χ2n) is 6.54. The van der Waals surface area contributed by atoms with Crippen molar-refractivity contribution in [1.82, 2.24) is 15.2 Å². The van der Waals surface area contributed by atoms with Crippen LogP contribution in [0.1, 0.15) is 37.8 Å². The molecule has 0 aliphatic carbocycles. The standard InChI is InChI=1S/C18H27N3O2.ClH/c22-18(15-5-4-12-23-14-15)21(13-16-6-1-2-10-20-16)17-7-3-9-19-11-8-17;/h1-2,6,10,15,17,19H,3-5,7-9,11-14H2;1H. The highest BCUT2D eigenvalue weighted by atomic mass is 35.5. The van der Waals surface area contributed by atoms with Crippen LogP contribution in [0.2, 0.25) is 0 Å². The van der Waals surface area contributed by atoms with Crippen LogP contribution in [-0.4, -0.2) is 48.1 Å². The molecule has 2 aliphatic heterocycles. The van der Waals surface area contributed by atoms with E-state index < -0.39 is 0 Å². The Labute approximate surface area is 150 Å². The van der Waals surface area contributed by atoms with Crippen molar-refractivity contribution >= 4 is 18.3 Å². The fourth-order valence-corrected chi connectivity index (χ4v) is 3.54. The van der Waals surface area contributed by atoms with E-state index in [2.05, 4.69) is 15.2 Å². The van der Waals surface area contributed by atoms with E-state index in [-0.39, 0.29) is 24.2 Å². The largest absolute Gasteiger partial charge is 0.381 e. The van der Waals surface area contributed by atoms with Crippen LogP contribution in [0.5, 0.6) is 0 Å². The fourth-order valence-electron chi connectivity index (χ4n) is 3.54. The molecule has 3 rings (SSSR count). The Balaban J connectivity index is 0.00000208. The minimum absolute atomic E-state index is 0. The van der Waals surface area contributed by atoms with E-state index in [0.29, 0.717) is 19.2 Å². The van der Waals surface area contributed by atoms with E-state index in [1.54, 1.807) is 6.20 Å². The molecule has 6 heteroatoms. The summed E-state index contributed by atoms with van der Waals surface area (Å²) in [5, 5.41) is 3.44. The molecule has 0 bridgehead atoms. The van der Waals surface area contributed by atoms with Gasteiger partial charge in [-0.25, -0.2) is 0 Å². The van der Waals surface area contributed by atoms with Crippen LogP contribution in [-0.2, 0) is 16.1 Å². The molecule has 5 nitrogen and oxygen atoms in total. The van der Waals surface area contributed by atoms with Gasteiger partial charge in [0.15, 0.2) is 0 Å². The molecule has 0 radical (unpaired) electrons. The van der Waals surface area contributed by atoms with Crippen molar-refractivity contribution in [3.8, 4) is 0 Å². The molecule has 134 valence electrons. The van der Waals surface area contributed by atoms with E-state index in [4.69, 9.17) is 4.74 Å². The van der Waals surface area contributed by atoms with Gasteiger partial charge in [0.2, 0.25) is 5.91 Å². The molecule has 3 heterocycles. The smallest absolute Gasteiger partial charge is 0.228 e. The van der Waals surface area contributed by atoms with Gasteiger partial charge in [0.1, 0.15) is 0 Å². The molecule has 2 fully saturated rings. The molecule has 1 aromatic heterocycles. The number of carbonyl (C=O) groups excluding carboxylic acids is 1. The lowest BCUT2D eigenvalue weighted by atomic mass is 9.98. The minimum Gasteiger partial charge on any atom is -0.381 e. The van der Waals surface area contributed by atoms with Crippen LogP contribution in [0.15, 0.2) is 24.4 Å². The number of halogens is 1. The van der Waals surface area contributed by atoms with Crippen LogP contribution in [0.4, 0.5) is 0 Å². The van der Waals surface area contributed by atoms with E-state index >= 15 is 0 Å². The van der Waals surface area contributed by atoms with Crippen molar-refractivity contribution < 1.29 is 9.53 Å². The summed E-state index contributed by atoms with van der Waals surface area (Å²) in [6.07, 6.45) is 6.95. The molecule has 2 saturated heterocycles. The predicted octanol–water partition coefficient (Wildman–Crippen LogP) is 2.40. The maximum atomic E-state index is 13.1. The molecule has 2 aliphatic rings. The Morgan fingerprint density at radius 3 is 2.92 bits per heavy atom. The third kappa shape index (κ3) is 5.16. The number of amides is 1. The average Bonchev–Trinajstić information content (AvgIpc) is 2.90. The predicted molar refractivity (Wildman–Crippen MR) is 96.1 cm³/mol. The number of nitrogens with zero attached hydrogens (tertiary/aromatic N) is 2.